The fourth-order valence-corrected chi connectivity index (χ4v) is 4.36. The zero-order chi connectivity index (χ0) is 17.9. The van der Waals surface area contributed by atoms with Gasteiger partial charge in [0.15, 0.2) is 0 Å². The molecule has 2 fully saturated rings. The number of hydrogen-bond donors (Lipinski definition) is 2. The van der Waals surface area contributed by atoms with Crippen molar-refractivity contribution in [2.45, 2.75) is 43.9 Å². The Labute approximate surface area is 171 Å². The van der Waals surface area contributed by atoms with Crippen molar-refractivity contribution < 1.29 is 4.79 Å². The number of hydrogen-bond acceptors (Lipinski definition) is 4. The number of nitrogens with one attached hydrogen (secondary N) is 2. The molecule has 1 unspecified atom stereocenters. The maximum atomic E-state index is 12.5. The van der Waals surface area contributed by atoms with Gasteiger partial charge in [0.25, 0.3) is 0 Å². The molecule has 2 aliphatic rings. The number of benzene rings is 1. The summed E-state index contributed by atoms with van der Waals surface area (Å²) in [4.78, 5) is 22.6. The largest absolute Gasteiger partial charge is 0.342 e. The first kappa shape index (κ1) is 20.5. The highest BCUT2D eigenvalue weighted by atomic mass is 35.5. The molecule has 0 spiro atoms. The third-order valence-corrected chi connectivity index (χ3v) is 6.63. The van der Waals surface area contributed by atoms with Crippen molar-refractivity contribution >= 4 is 41.1 Å². The third-order valence-electron chi connectivity index (χ3n) is 5.49. The summed E-state index contributed by atoms with van der Waals surface area (Å²) in [6.45, 7) is 5.06. The molecule has 1 aliphatic heterocycles. The summed E-state index contributed by atoms with van der Waals surface area (Å²) in [6, 6.07) is 8.66. The van der Waals surface area contributed by atoms with E-state index in [4.69, 9.17) is 0 Å². The highest BCUT2D eigenvalue weighted by molar-refractivity contribution is 8.00. The lowest BCUT2D eigenvalue weighted by Crippen LogP contribution is -2.45. The Morgan fingerprint density at radius 3 is 2.74 bits per heavy atom. The minimum absolute atomic E-state index is 0. The van der Waals surface area contributed by atoms with E-state index in [2.05, 4.69) is 22.2 Å². The summed E-state index contributed by atoms with van der Waals surface area (Å²) < 4.78 is 0. The maximum absolute atomic E-state index is 12.5. The van der Waals surface area contributed by atoms with Crippen LogP contribution in [0.15, 0.2) is 24.3 Å². The molecule has 0 bridgehead atoms. The number of halogens is 1. The van der Waals surface area contributed by atoms with E-state index < -0.39 is 0 Å². The van der Waals surface area contributed by atoms with Crippen LogP contribution in [0.25, 0.3) is 11.0 Å². The second-order valence-corrected chi connectivity index (χ2v) is 8.93. The molecule has 1 atom stereocenters. The number of aromatic nitrogens is 2. The lowest BCUT2D eigenvalue weighted by Gasteiger charge is -2.32. The van der Waals surface area contributed by atoms with Crippen LogP contribution < -0.4 is 5.32 Å². The highest BCUT2D eigenvalue weighted by Crippen LogP contribution is 2.29. The predicted molar refractivity (Wildman–Crippen MR) is 115 cm³/mol. The number of nitrogens with zero attached hydrogens (tertiary/aromatic N) is 2. The van der Waals surface area contributed by atoms with E-state index in [1.807, 2.05) is 29.2 Å². The molecule has 0 radical (unpaired) electrons. The minimum atomic E-state index is 0. The summed E-state index contributed by atoms with van der Waals surface area (Å²) in [5.41, 5.74) is 2.05. The van der Waals surface area contributed by atoms with Gasteiger partial charge in [-0.1, -0.05) is 12.1 Å². The summed E-state index contributed by atoms with van der Waals surface area (Å²) in [6.07, 6.45) is 4.96. The maximum Gasteiger partial charge on any atom is 0.232 e. The molecular weight excluding hydrogens is 380 g/mol. The van der Waals surface area contributed by atoms with Crippen LogP contribution in [0.1, 0.15) is 43.7 Å². The molecule has 2 N–H and O–H groups in total. The van der Waals surface area contributed by atoms with Crippen molar-refractivity contribution in [3.8, 4) is 0 Å². The van der Waals surface area contributed by atoms with Crippen LogP contribution in [0.5, 0.6) is 0 Å². The molecule has 4 rings (SSSR count). The minimum Gasteiger partial charge on any atom is -0.342 e. The van der Waals surface area contributed by atoms with Gasteiger partial charge in [-0.15, -0.1) is 24.2 Å². The number of para-hydroxylation sites is 2. The van der Waals surface area contributed by atoms with Crippen molar-refractivity contribution in [2.24, 2.45) is 5.92 Å². The van der Waals surface area contributed by atoms with Gasteiger partial charge in [-0.05, 0) is 57.2 Å². The number of thioether (sulfide) groups is 1. The monoisotopic (exact) mass is 408 g/mol. The Kier molecular flexibility index (Phi) is 7.06. The van der Waals surface area contributed by atoms with Crippen LogP contribution in [-0.2, 0) is 4.79 Å². The lowest BCUT2D eigenvalue weighted by molar-refractivity contribution is -0.129. The van der Waals surface area contributed by atoms with Crippen LogP contribution in [0.2, 0.25) is 0 Å². The van der Waals surface area contributed by atoms with E-state index in [-0.39, 0.29) is 23.6 Å². The fourth-order valence-electron chi connectivity index (χ4n) is 3.52. The Balaban J connectivity index is 0.00000210. The van der Waals surface area contributed by atoms with Gasteiger partial charge in [0.05, 0.1) is 22.0 Å². The second kappa shape index (κ2) is 9.30. The first-order valence-corrected chi connectivity index (χ1v) is 10.8. The molecule has 1 saturated carbocycles. The molecule has 1 aromatic carbocycles. The zero-order valence-electron chi connectivity index (χ0n) is 15.8. The number of likely N-dealkylation sites (tertiary alicyclic amines) is 1. The van der Waals surface area contributed by atoms with Crippen LogP contribution in [0, 0.1) is 5.92 Å². The SMILES string of the molecule is CC(SCC(=O)N1CCC(NCC2CC2)CC1)c1nc2ccccc2[nH]1.Cl. The molecule has 5 nitrogen and oxygen atoms in total. The summed E-state index contributed by atoms with van der Waals surface area (Å²) >= 11 is 1.67. The molecular formula is C20H29ClN4OS. The third kappa shape index (κ3) is 5.39. The number of carbonyl (C=O) groups excluding carboxylic acids is 1. The van der Waals surface area contributed by atoms with Crippen LogP contribution in [-0.4, -0.2) is 52.2 Å². The fraction of sp³-hybridized carbons (Fsp3) is 0.600. The van der Waals surface area contributed by atoms with Gasteiger partial charge >= 0.3 is 0 Å². The molecule has 2 aromatic rings. The topological polar surface area (TPSA) is 61.0 Å². The molecule has 1 amide bonds. The summed E-state index contributed by atoms with van der Waals surface area (Å²) in [5.74, 6) is 2.66. The summed E-state index contributed by atoms with van der Waals surface area (Å²) in [7, 11) is 0. The van der Waals surface area contributed by atoms with Gasteiger partial charge in [0.1, 0.15) is 5.82 Å². The second-order valence-electron chi connectivity index (χ2n) is 7.60. The summed E-state index contributed by atoms with van der Waals surface area (Å²) in [5, 5.41) is 3.86. The molecule has 2 heterocycles. The van der Waals surface area contributed by atoms with E-state index in [0.717, 1.165) is 48.7 Å². The van der Waals surface area contributed by atoms with Gasteiger partial charge in [0, 0.05) is 19.1 Å². The van der Waals surface area contributed by atoms with Gasteiger partial charge in [-0.3, -0.25) is 4.79 Å². The van der Waals surface area contributed by atoms with Crippen LogP contribution in [0.3, 0.4) is 0 Å². The average Bonchev–Trinajstić information content (AvgIpc) is 3.40. The van der Waals surface area contributed by atoms with Crippen molar-refractivity contribution in [2.75, 3.05) is 25.4 Å². The van der Waals surface area contributed by atoms with Crippen LogP contribution >= 0.6 is 24.2 Å². The number of carbonyl (C=O) groups is 1. The lowest BCUT2D eigenvalue weighted by atomic mass is 10.0. The average molecular weight is 409 g/mol. The number of amides is 1. The Bertz CT molecular complexity index is 722. The van der Waals surface area contributed by atoms with E-state index in [1.54, 1.807) is 11.8 Å². The van der Waals surface area contributed by atoms with Crippen LogP contribution in [0.4, 0.5) is 0 Å². The van der Waals surface area contributed by atoms with E-state index in [0.29, 0.717) is 11.8 Å². The normalized spacial score (nSPS) is 19.1. The van der Waals surface area contributed by atoms with Crippen molar-refractivity contribution in [1.82, 2.24) is 20.2 Å². The number of fused-ring (bicyclic) bond motifs is 1. The quantitative estimate of drug-likeness (QED) is 0.732. The van der Waals surface area contributed by atoms with Crippen molar-refractivity contribution in [3.05, 3.63) is 30.1 Å². The number of aromatic amines is 1. The van der Waals surface area contributed by atoms with E-state index in [9.17, 15) is 4.79 Å². The van der Waals surface area contributed by atoms with Gasteiger partial charge in [0.2, 0.25) is 5.91 Å². The molecule has 27 heavy (non-hydrogen) atoms. The molecule has 1 aliphatic carbocycles. The first-order valence-electron chi connectivity index (χ1n) is 9.76. The Morgan fingerprint density at radius 1 is 1.30 bits per heavy atom. The van der Waals surface area contributed by atoms with E-state index >= 15 is 0 Å². The molecule has 7 heteroatoms. The number of imidazole rings is 1. The molecule has 1 aromatic heterocycles. The van der Waals surface area contributed by atoms with Crippen molar-refractivity contribution in [1.29, 1.82) is 0 Å². The smallest absolute Gasteiger partial charge is 0.232 e. The van der Waals surface area contributed by atoms with Gasteiger partial charge in [-0.2, -0.15) is 0 Å². The van der Waals surface area contributed by atoms with E-state index in [1.165, 1.54) is 19.4 Å². The number of piperidine rings is 1. The number of H-pyrrole nitrogens is 1. The zero-order valence-corrected chi connectivity index (χ0v) is 17.5. The number of rotatable bonds is 7. The predicted octanol–water partition coefficient (Wildman–Crippen LogP) is 3.77. The Morgan fingerprint density at radius 2 is 2.04 bits per heavy atom. The first-order chi connectivity index (χ1) is 12.7. The molecule has 1 saturated heterocycles. The van der Waals surface area contributed by atoms with Crippen molar-refractivity contribution in [3.63, 3.8) is 0 Å². The van der Waals surface area contributed by atoms with Gasteiger partial charge in [-0.25, -0.2) is 4.98 Å². The highest BCUT2D eigenvalue weighted by Gasteiger charge is 2.26. The molecule has 148 valence electrons. The standard InChI is InChI=1S/C20H28N4OS.ClH/c1-14(20-22-17-4-2-3-5-18(17)23-20)26-13-19(25)24-10-8-16(9-11-24)21-12-15-6-7-15;/h2-5,14-16,21H,6-13H2,1H3,(H,22,23);1H. The van der Waals surface area contributed by atoms with Gasteiger partial charge < -0.3 is 15.2 Å². The Hall–Kier alpha value is -1.24.